The highest BCUT2D eigenvalue weighted by molar-refractivity contribution is 7.89. The number of rotatable bonds is 8. The average Bonchev–Trinajstić information content (AvgIpc) is 2.66. The number of hydrogen-bond acceptors (Lipinski definition) is 6. The maximum absolute atomic E-state index is 12.8. The van der Waals surface area contributed by atoms with E-state index in [4.69, 9.17) is 0 Å². The lowest BCUT2D eigenvalue weighted by Gasteiger charge is -2.34. The highest BCUT2D eigenvalue weighted by atomic mass is 32.2. The molecule has 1 aromatic carbocycles. The van der Waals surface area contributed by atoms with Crippen LogP contribution in [0.1, 0.15) is 13.8 Å². The summed E-state index contributed by atoms with van der Waals surface area (Å²) in [4.78, 5) is 26.2. The number of piperazine rings is 1. The number of carbonyl (C=O) groups is 1. The van der Waals surface area contributed by atoms with Crippen molar-refractivity contribution in [2.45, 2.75) is 18.7 Å². The Morgan fingerprint density at radius 3 is 2.39 bits per heavy atom. The van der Waals surface area contributed by atoms with Crippen LogP contribution in [-0.4, -0.2) is 79.2 Å². The van der Waals surface area contributed by atoms with Crippen LogP contribution in [0.15, 0.2) is 41.3 Å². The lowest BCUT2D eigenvalue weighted by molar-refractivity contribution is -0.387. The molecule has 0 unspecified atom stereocenters. The van der Waals surface area contributed by atoms with Crippen LogP contribution in [0.2, 0.25) is 0 Å². The van der Waals surface area contributed by atoms with E-state index in [1.54, 1.807) is 4.90 Å². The van der Waals surface area contributed by atoms with Crippen molar-refractivity contribution in [1.82, 2.24) is 14.1 Å². The van der Waals surface area contributed by atoms with Gasteiger partial charge in [-0.15, -0.1) is 0 Å². The number of nitrogens with zero attached hydrogens (tertiary/aromatic N) is 4. The molecule has 0 radical (unpaired) electrons. The van der Waals surface area contributed by atoms with E-state index < -0.39 is 20.6 Å². The van der Waals surface area contributed by atoms with Crippen molar-refractivity contribution in [3.05, 3.63) is 46.5 Å². The van der Waals surface area contributed by atoms with Gasteiger partial charge in [-0.1, -0.05) is 24.3 Å². The Balaban J connectivity index is 2.03. The third kappa shape index (κ3) is 5.15. The van der Waals surface area contributed by atoms with Gasteiger partial charge in [-0.3, -0.25) is 19.8 Å². The fourth-order valence-corrected chi connectivity index (χ4v) is 4.67. The second-order valence-electron chi connectivity index (χ2n) is 6.77. The first-order chi connectivity index (χ1) is 13.2. The number of sulfonamides is 1. The smallest absolute Gasteiger partial charge is 0.289 e. The fourth-order valence-electron chi connectivity index (χ4n) is 3.09. The minimum absolute atomic E-state index is 0.0273. The van der Waals surface area contributed by atoms with Gasteiger partial charge in [0.25, 0.3) is 5.69 Å². The molecule has 154 valence electrons. The maximum atomic E-state index is 12.8. The largest absolute Gasteiger partial charge is 0.338 e. The molecule has 2 rings (SSSR count). The van der Waals surface area contributed by atoms with Crippen LogP contribution in [0, 0.1) is 10.1 Å². The molecule has 0 atom stereocenters. The van der Waals surface area contributed by atoms with Gasteiger partial charge in [0, 0.05) is 45.3 Å². The number of nitro groups is 1. The molecule has 0 saturated carbocycles. The summed E-state index contributed by atoms with van der Waals surface area (Å²) < 4.78 is 26.9. The van der Waals surface area contributed by atoms with E-state index in [1.165, 1.54) is 28.6 Å². The van der Waals surface area contributed by atoms with E-state index in [2.05, 4.69) is 6.58 Å². The molecule has 0 aliphatic carbocycles. The Hall–Kier alpha value is -2.30. The van der Waals surface area contributed by atoms with E-state index in [9.17, 15) is 23.3 Å². The summed E-state index contributed by atoms with van der Waals surface area (Å²) in [6, 6.07) is 5.34. The van der Waals surface area contributed by atoms with Gasteiger partial charge in [-0.2, -0.15) is 4.31 Å². The summed E-state index contributed by atoms with van der Waals surface area (Å²) in [7, 11) is -3.97. The molecule has 1 aliphatic rings. The molecule has 1 aliphatic heterocycles. The minimum atomic E-state index is -3.97. The Labute approximate surface area is 165 Å². The molecule has 1 fully saturated rings. The molecule has 1 saturated heterocycles. The predicted octanol–water partition coefficient (Wildman–Crippen LogP) is 1.33. The molecule has 0 N–H and O–H groups in total. The summed E-state index contributed by atoms with van der Waals surface area (Å²) in [6.45, 7) is 10.0. The first-order valence-corrected chi connectivity index (χ1v) is 10.5. The molecular formula is C18H26N4O5S. The van der Waals surface area contributed by atoms with Gasteiger partial charge in [0.15, 0.2) is 4.90 Å². The lowest BCUT2D eigenvalue weighted by atomic mass is 10.3. The monoisotopic (exact) mass is 410 g/mol. The molecule has 28 heavy (non-hydrogen) atoms. The summed E-state index contributed by atoms with van der Waals surface area (Å²) in [5.41, 5.74) is 0.467. The Bertz CT molecular complexity index is 847. The highest BCUT2D eigenvalue weighted by Crippen LogP contribution is 2.26. The number of nitro benzene ring substituents is 1. The number of carbonyl (C=O) groups excluding carboxylic acids is 1. The van der Waals surface area contributed by atoms with Crippen LogP contribution < -0.4 is 0 Å². The van der Waals surface area contributed by atoms with Crippen molar-refractivity contribution < 1.29 is 18.1 Å². The van der Waals surface area contributed by atoms with Crippen LogP contribution in [-0.2, 0) is 14.8 Å². The Kier molecular flexibility index (Phi) is 7.28. The number of benzene rings is 1. The molecule has 1 heterocycles. The third-order valence-corrected chi connectivity index (χ3v) is 6.51. The second-order valence-corrected chi connectivity index (χ2v) is 8.68. The van der Waals surface area contributed by atoms with Crippen molar-refractivity contribution in [2.75, 3.05) is 45.8 Å². The standard InChI is InChI=1S/C18H26N4O5S/c1-4-20(13-15(2)3)18(23)14-19-9-11-21(12-10-19)28(26,27)17-8-6-5-7-16(17)22(24)25/h5-8H,2,4,9-14H2,1,3H3. The molecule has 0 aromatic heterocycles. The fraction of sp³-hybridized carbons (Fsp3) is 0.500. The van der Waals surface area contributed by atoms with Gasteiger partial charge >= 0.3 is 0 Å². The second kappa shape index (κ2) is 9.26. The number of hydrogen-bond donors (Lipinski definition) is 0. The maximum Gasteiger partial charge on any atom is 0.289 e. The average molecular weight is 410 g/mol. The zero-order chi connectivity index (χ0) is 20.9. The van der Waals surface area contributed by atoms with Crippen LogP contribution in [0.5, 0.6) is 0 Å². The van der Waals surface area contributed by atoms with Crippen molar-refractivity contribution in [3.8, 4) is 0 Å². The summed E-state index contributed by atoms with van der Waals surface area (Å²) in [6.07, 6.45) is 0. The number of amides is 1. The zero-order valence-corrected chi connectivity index (χ0v) is 17.0. The number of likely N-dealkylation sites (N-methyl/N-ethyl adjacent to an activating group) is 1. The SMILES string of the molecule is C=C(C)CN(CC)C(=O)CN1CCN(S(=O)(=O)c2ccccc2[N+](=O)[O-])CC1. The normalized spacial score (nSPS) is 15.9. The van der Waals surface area contributed by atoms with E-state index in [0.29, 0.717) is 26.2 Å². The summed E-state index contributed by atoms with van der Waals surface area (Å²) in [5, 5.41) is 11.2. The number of para-hydroxylation sites is 1. The summed E-state index contributed by atoms with van der Waals surface area (Å²) >= 11 is 0. The first-order valence-electron chi connectivity index (χ1n) is 9.05. The van der Waals surface area contributed by atoms with Gasteiger partial charge in [0.05, 0.1) is 11.5 Å². The summed E-state index contributed by atoms with van der Waals surface area (Å²) in [5.74, 6) is -0.0273. The van der Waals surface area contributed by atoms with E-state index in [1.807, 2.05) is 18.7 Å². The molecule has 9 nitrogen and oxygen atoms in total. The van der Waals surface area contributed by atoms with E-state index >= 15 is 0 Å². The van der Waals surface area contributed by atoms with Gasteiger partial charge in [-0.25, -0.2) is 8.42 Å². The van der Waals surface area contributed by atoms with Crippen LogP contribution in [0.3, 0.4) is 0 Å². The van der Waals surface area contributed by atoms with Crippen LogP contribution in [0.25, 0.3) is 0 Å². The molecular weight excluding hydrogens is 384 g/mol. The zero-order valence-electron chi connectivity index (χ0n) is 16.2. The van der Waals surface area contributed by atoms with Gasteiger partial charge < -0.3 is 4.90 Å². The van der Waals surface area contributed by atoms with Gasteiger partial charge in [0.1, 0.15) is 0 Å². The Morgan fingerprint density at radius 2 is 1.86 bits per heavy atom. The minimum Gasteiger partial charge on any atom is -0.338 e. The van der Waals surface area contributed by atoms with E-state index in [-0.39, 0.29) is 30.4 Å². The predicted molar refractivity (Wildman–Crippen MR) is 105 cm³/mol. The van der Waals surface area contributed by atoms with Gasteiger partial charge in [-0.05, 0) is 19.9 Å². The van der Waals surface area contributed by atoms with Crippen molar-refractivity contribution >= 4 is 21.6 Å². The van der Waals surface area contributed by atoms with Gasteiger partial charge in [0.2, 0.25) is 15.9 Å². The van der Waals surface area contributed by atoms with Crippen LogP contribution >= 0.6 is 0 Å². The first kappa shape index (κ1) is 22.0. The molecule has 0 bridgehead atoms. The van der Waals surface area contributed by atoms with Crippen molar-refractivity contribution in [1.29, 1.82) is 0 Å². The molecule has 1 aromatic rings. The third-order valence-electron chi connectivity index (χ3n) is 4.57. The molecule has 0 spiro atoms. The van der Waals surface area contributed by atoms with E-state index in [0.717, 1.165) is 5.57 Å². The Morgan fingerprint density at radius 1 is 1.25 bits per heavy atom. The van der Waals surface area contributed by atoms with Crippen molar-refractivity contribution in [3.63, 3.8) is 0 Å². The molecule has 1 amide bonds. The quantitative estimate of drug-likeness (QED) is 0.364. The van der Waals surface area contributed by atoms with Crippen molar-refractivity contribution in [2.24, 2.45) is 0 Å². The lowest BCUT2D eigenvalue weighted by Crippen LogP contribution is -2.51. The topological polar surface area (TPSA) is 104 Å². The highest BCUT2D eigenvalue weighted by Gasteiger charge is 2.34. The van der Waals surface area contributed by atoms with Crippen LogP contribution in [0.4, 0.5) is 5.69 Å². The molecule has 10 heteroatoms.